The third kappa shape index (κ3) is 4.48. The summed E-state index contributed by atoms with van der Waals surface area (Å²) in [6.45, 7) is -0.544. The number of thioether (sulfide) groups is 1. The van der Waals surface area contributed by atoms with E-state index in [-0.39, 0.29) is 11.0 Å². The minimum atomic E-state index is -4.67. The first-order valence-corrected chi connectivity index (χ1v) is 9.09. The molecule has 27 heavy (non-hydrogen) atoms. The second-order valence-corrected chi connectivity index (χ2v) is 6.45. The molecule has 0 aliphatic rings. The SMILES string of the molecule is CSc1ccc(/C=N/NC(=O)Cn2c(C(F)(F)F)nc3ccccc32)cc1. The number of fused-ring (bicyclic) bond motifs is 1. The van der Waals surface area contributed by atoms with Crippen LogP contribution in [-0.4, -0.2) is 27.9 Å². The smallest absolute Gasteiger partial charge is 0.311 e. The molecule has 0 saturated carbocycles. The number of halogens is 3. The monoisotopic (exact) mass is 392 g/mol. The van der Waals surface area contributed by atoms with Gasteiger partial charge in [0.25, 0.3) is 5.91 Å². The Morgan fingerprint density at radius 1 is 1.22 bits per heavy atom. The number of hydrogen-bond donors (Lipinski definition) is 1. The molecule has 1 heterocycles. The van der Waals surface area contributed by atoms with Gasteiger partial charge < -0.3 is 4.57 Å². The van der Waals surface area contributed by atoms with Gasteiger partial charge in [-0.1, -0.05) is 24.3 Å². The van der Waals surface area contributed by atoms with E-state index in [2.05, 4.69) is 15.5 Å². The first-order valence-electron chi connectivity index (χ1n) is 7.87. The third-order valence-electron chi connectivity index (χ3n) is 3.73. The van der Waals surface area contributed by atoms with E-state index in [0.717, 1.165) is 15.0 Å². The number of hydrazone groups is 1. The highest BCUT2D eigenvalue weighted by molar-refractivity contribution is 7.98. The average molecular weight is 392 g/mol. The van der Waals surface area contributed by atoms with Crippen LogP contribution in [0.3, 0.4) is 0 Å². The molecule has 0 unspecified atom stereocenters. The molecule has 1 amide bonds. The molecule has 0 saturated heterocycles. The summed E-state index contributed by atoms with van der Waals surface area (Å²) >= 11 is 1.60. The summed E-state index contributed by atoms with van der Waals surface area (Å²) in [4.78, 5) is 16.8. The van der Waals surface area contributed by atoms with Crippen LogP contribution in [0.15, 0.2) is 58.5 Å². The lowest BCUT2D eigenvalue weighted by atomic mass is 10.2. The van der Waals surface area contributed by atoms with E-state index in [0.29, 0.717) is 0 Å². The zero-order valence-corrected chi connectivity index (χ0v) is 15.0. The Kier molecular flexibility index (Phi) is 5.50. The Bertz CT molecular complexity index is 980. The second kappa shape index (κ2) is 7.83. The molecule has 3 aromatic rings. The predicted molar refractivity (Wildman–Crippen MR) is 98.7 cm³/mol. The molecule has 0 bridgehead atoms. The second-order valence-electron chi connectivity index (χ2n) is 5.57. The van der Waals surface area contributed by atoms with E-state index in [9.17, 15) is 18.0 Å². The predicted octanol–water partition coefficient (Wildman–Crippen LogP) is 3.93. The van der Waals surface area contributed by atoms with Gasteiger partial charge in [-0.25, -0.2) is 10.4 Å². The fourth-order valence-electron chi connectivity index (χ4n) is 2.50. The molecule has 1 N–H and O–H groups in total. The van der Waals surface area contributed by atoms with Gasteiger partial charge in [-0.05, 0) is 36.1 Å². The molecule has 0 fully saturated rings. The van der Waals surface area contributed by atoms with Gasteiger partial charge in [0, 0.05) is 4.90 Å². The topological polar surface area (TPSA) is 59.3 Å². The minimum Gasteiger partial charge on any atom is -0.311 e. The molecule has 0 spiro atoms. The van der Waals surface area contributed by atoms with Gasteiger partial charge in [0.2, 0.25) is 5.82 Å². The van der Waals surface area contributed by atoms with Crippen molar-refractivity contribution in [2.75, 3.05) is 6.26 Å². The molecule has 5 nitrogen and oxygen atoms in total. The first-order chi connectivity index (χ1) is 12.9. The van der Waals surface area contributed by atoms with Crippen LogP contribution in [0, 0.1) is 0 Å². The van der Waals surface area contributed by atoms with E-state index < -0.39 is 24.5 Å². The van der Waals surface area contributed by atoms with Gasteiger partial charge in [-0.2, -0.15) is 18.3 Å². The lowest BCUT2D eigenvalue weighted by molar-refractivity contribution is -0.147. The highest BCUT2D eigenvalue weighted by Gasteiger charge is 2.37. The molecule has 3 rings (SSSR count). The Labute approximate surface area is 157 Å². The number of alkyl halides is 3. The maximum absolute atomic E-state index is 13.2. The Morgan fingerprint density at radius 3 is 2.59 bits per heavy atom. The zero-order chi connectivity index (χ0) is 19.4. The molecule has 9 heteroatoms. The lowest BCUT2D eigenvalue weighted by Crippen LogP contribution is -2.26. The van der Waals surface area contributed by atoms with Gasteiger partial charge in [0.05, 0.1) is 17.2 Å². The molecular weight excluding hydrogens is 377 g/mol. The largest absolute Gasteiger partial charge is 0.449 e. The van der Waals surface area contributed by atoms with E-state index in [1.54, 1.807) is 23.9 Å². The van der Waals surface area contributed by atoms with Gasteiger partial charge in [0.15, 0.2) is 0 Å². The molecule has 140 valence electrons. The van der Waals surface area contributed by atoms with Crippen LogP contribution in [-0.2, 0) is 17.5 Å². The van der Waals surface area contributed by atoms with Crippen molar-refractivity contribution >= 4 is 34.9 Å². The van der Waals surface area contributed by atoms with Crippen molar-refractivity contribution in [1.82, 2.24) is 15.0 Å². The molecular formula is C18H15F3N4OS. The van der Waals surface area contributed by atoms with Crippen LogP contribution in [0.4, 0.5) is 13.2 Å². The maximum atomic E-state index is 13.2. The summed E-state index contributed by atoms with van der Waals surface area (Å²) < 4.78 is 40.5. The summed E-state index contributed by atoms with van der Waals surface area (Å²) in [7, 11) is 0. The molecule has 1 aromatic heterocycles. The number of para-hydroxylation sites is 2. The van der Waals surface area contributed by atoms with E-state index in [4.69, 9.17) is 0 Å². The Hall–Kier alpha value is -2.81. The number of carbonyl (C=O) groups is 1. The summed E-state index contributed by atoms with van der Waals surface area (Å²) in [5, 5.41) is 3.80. The lowest BCUT2D eigenvalue weighted by Gasteiger charge is -2.10. The van der Waals surface area contributed by atoms with Crippen molar-refractivity contribution in [2.45, 2.75) is 17.6 Å². The molecule has 0 atom stereocenters. The van der Waals surface area contributed by atoms with Crippen molar-refractivity contribution in [2.24, 2.45) is 5.10 Å². The standard InChI is InChI=1S/C18H15F3N4OS/c1-27-13-8-6-12(7-9-13)10-22-24-16(26)11-25-15-5-3-2-4-14(15)23-17(25)18(19,20)21/h2-10H,11H2,1H3,(H,24,26)/b22-10+. The van der Waals surface area contributed by atoms with E-state index in [1.165, 1.54) is 18.3 Å². The first kappa shape index (κ1) is 19.0. The van der Waals surface area contributed by atoms with Crippen molar-refractivity contribution in [3.05, 3.63) is 59.9 Å². The number of benzene rings is 2. The highest BCUT2D eigenvalue weighted by atomic mass is 32.2. The van der Waals surface area contributed by atoms with Gasteiger partial charge in [-0.3, -0.25) is 4.79 Å². The summed E-state index contributed by atoms with van der Waals surface area (Å²) in [5.41, 5.74) is 3.42. The fraction of sp³-hybridized carbons (Fsp3) is 0.167. The average Bonchev–Trinajstić information content (AvgIpc) is 3.01. The Balaban J connectivity index is 1.74. The summed E-state index contributed by atoms with van der Waals surface area (Å²) in [6.07, 6.45) is -1.28. The number of nitrogens with one attached hydrogen (secondary N) is 1. The zero-order valence-electron chi connectivity index (χ0n) is 14.2. The summed E-state index contributed by atoms with van der Waals surface area (Å²) in [6, 6.07) is 13.6. The van der Waals surface area contributed by atoms with Crippen molar-refractivity contribution in [1.29, 1.82) is 0 Å². The Morgan fingerprint density at radius 2 is 1.93 bits per heavy atom. The number of carbonyl (C=O) groups excluding carboxylic acids is 1. The van der Waals surface area contributed by atoms with Gasteiger partial charge >= 0.3 is 6.18 Å². The van der Waals surface area contributed by atoms with Crippen LogP contribution in [0.2, 0.25) is 0 Å². The number of hydrogen-bond acceptors (Lipinski definition) is 4. The van der Waals surface area contributed by atoms with Crippen LogP contribution in [0.25, 0.3) is 11.0 Å². The van der Waals surface area contributed by atoms with Crippen molar-refractivity contribution in [3.8, 4) is 0 Å². The van der Waals surface area contributed by atoms with E-state index >= 15 is 0 Å². The van der Waals surface area contributed by atoms with Crippen LogP contribution in [0.5, 0.6) is 0 Å². The number of amides is 1. The van der Waals surface area contributed by atoms with Crippen molar-refractivity contribution < 1.29 is 18.0 Å². The maximum Gasteiger partial charge on any atom is 0.449 e. The normalized spacial score (nSPS) is 12.0. The van der Waals surface area contributed by atoms with Crippen LogP contribution in [0.1, 0.15) is 11.4 Å². The van der Waals surface area contributed by atoms with Crippen LogP contribution < -0.4 is 5.43 Å². The van der Waals surface area contributed by atoms with Gasteiger partial charge in [-0.15, -0.1) is 11.8 Å². The molecule has 2 aromatic carbocycles. The quantitative estimate of drug-likeness (QED) is 0.407. The minimum absolute atomic E-state index is 0.176. The number of rotatable bonds is 5. The fourth-order valence-corrected chi connectivity index (χ4v) is 2.91. The number of aromatic nitrogens is 2. The van der Waals surface area contributed by atoms with Crippen molar-refractivity contribution in [3.63, 3.8) is 0 Å². The number of nitrogens with zero attached hydrogens (tertiary/aromatic N) is 3. The van der Waals surface area contributed by atoms with E-state index in [1.807, 2.05) is 30.5 Å². The number of imidazole rings is 1. The van der Waals surface area contributed by atoms with Crippen LogP contribution >= 0.6 is 11.8 Å². The third-order valence-corrected chi connectivity index (χ3v) is 4.47. The molecule has 0 radical (unpaired) electrons. The molecule has 0 aliphatic heterocycles. The molecule has 0 aliphatic carbocycles. The summed E-state index contributed by atoms with van der Waals surface area (Å²) in [5.74, 6) is -1.80. The van der Waals surface area contributed by atoms with Gasteiger partial charge in [0.1, 0.15) is 6.54 Å². The highest BCUT2D eigenvalue weighted by Crippen LogP contribution is 2.31.